The Morgan fingerprint density at radius 2 is 1.93 bits per heavy atom. The minimum absolute atomic E-state index is 0.209. The maximum Gasteiger partial charge on any atom is 0.123 e. The summed E-state index contributed by atoms with van der Waals surface area (Å²) >= 11 is 5.80. The molecule has 1 aromatic carbocycles. The van der Waals surface area contributed by atoms with E-state index in [1.807, 2.05) is 6.08 Å². The van der Waals surface area contributed by atoms with Gasteiger partial charge >= 0.3 is 0 Å². The van der Waals surface area contributed by atoms with Crippen molar-refractivity contribution in [3.63, 3.8) is 0 Å². The van der Waals surface area contributed by atoms with Crippen LogP contribution in [0.15, 0.2) is 29.8 Å². The smallest absolute Gasteiger partial charge is 0.123 e. The third-order valence-corrected chi connectivity index (χ3v) is 2.43. The third-order valence-electron chi connectivity index (χ3n) is 2.12. The zero-order valence-corrected chi connectivity index (χ0v) is 9.18. The lowest BCUT2D eigenvalue weighted by Gasteiger charge is -2.07. The molecule has 0 nitrogen and oxygen atoms in total. The van der Waals surface area contributed by atoms with Crippen molar-refractivity contribution < 1.29 is 4.39 Å². The fraction of sp³-hybridized carbons (Fsp3) is 0.333. The molecule has 14 heavy (non-hydrogen) atoms. The molecular formula is C12H14ClF. The van der Waals surface area contributed by atoms with Crippen molar-refractivity contribution in [3.8, 4) is 0 Å². The van der Waals surface area contributed by atoms with E-state index in [2.05, 4.69) is 13.8 Å². The van der Waals surface area contributed by atoms with Gasteiger partial charge in [-0.2, -0.15) is 0 Å². The van der Waals surface area contributed by atoms with Crippen LogP contribution in [0.1, 0.15) is 19.4 Å². The van der Waals surface area contributed by atoms with Crippen molar-refractivity contribution >= 4 is 17.7 Å². The van der Waals surface area contributed by atoms with Crippen molar-refractivity contribution in [1.29, 1.82) is 0 Å². The SMILES string of the molecule is CC(C)/C(=C/c1ccc(F)cc1)CCl. The molecular weight excluding hydrogens is 199 g/mol. The first-order valence-electron chi connectivity index (χ1n) is 4.65. The first-order valence-corrected chi connectivity index (χ1v) is 5.19. The molecule has 0 aliphatic rings. The molecule has 0 N–H and O–H groups in total. The maximum absolute atomic E-state index is 12.6. The molecule has 0 saturated carbocycles. The quantitative estimate of drug-likeness (QED) is 0.662. The molecule has 0 aromatic heterocycles. The first kappa shape index (κ1) is 11.3. The summed E-state index contributed by atoms with van der Waals surface area (Å²) in [5.41, 5.74) is 2.16. The third kappa shape index (κ3) is 3.15. The van der Waals surface area contributed by atoms with Gasteiger partial charge in [-0.25, -0.2) is 4.39 Å². The van der Waals surface area contributed by atoms with Crippen LogP contribution in [0.25, 0.3) is 6.08 Å². The van der Waals surface area contributed by atoms with Crippen LogP contribution in [0.4, 0.5) is 4.39 Å². The second kappa shape index (κ2) is 5.16. The van der Waals surface area contributed by atoms with E-state index in [4.69, 9.17) is 11.6 Å². The van der Waals surface area contributed by atoms with Gasteiger partial charge in [-0.1, -0.05) is 37.6 Å². The fourth-order valence-corrected chi connectivity index (χ4v) is 1.52. The molecule has 1 aromatic rings. The monoisotopic (exact) mass is 212 g/mol. The van der Waals surface area contributed by atoms with Gasteiger partial charge in [0.25, 0.3) is 0 Å². The average Bonchev–Trinajstić information content (AvgIpc) is 2.16. The Hall–Kier alpha value is -0.820. The van der Waals surface area contributed by atoms with E-state index >= 15 is 0 Å². The van der Waals surface area contributed by atoms with Gasteiger partial charge in [0.1, 0.15) is 5.82 Å². The molecule has 0 aliphatic heterocycles. The van der Waals surface area contributed by atoms with Gasteiger partial charge in [0.15, 0.2) is 0 Å². The summed E-state index contributed by atoms with van der Waals surface area (Å²) in [5.74, 6) is 0.742. The first-order chi connectivity index (χ1) is 6.63. The van der Waals surface area contributed by atoms with Gasteiger partial charge in [0, 0.05) is 5.88 Å². The summed E-state index contributed by atoms with van der Waals surface area (Å²) in [4.78, 5) is 0. The molecule has 76 valence electrons. The second-order valence-electron chi connectivity index (χ2n) is 3.56. The Morgan fingerprint density at radius 1 is 1.36 bits per heavy atom. The minimum Gasteiger partial charge on any atom is -0.207 e. The van der Waals surface area contributed by atoms with Crippen molar-refractivity contribution in [2.75, 3.05) is 5.88 Å². The van der Waals surface area contributed by atoms with E-state index in [1.54, 1.807) is 12.1 Å². The number of rotatable bonds is 3. The van der Waals surface area contributed by atoms with E-state index in [1.165, 1.54) is 17.7 Å². The fourth-order valence-electron chi connectivity index (χ4n) is 1.13. The summed E-state index contributed by atoms with van der Waals surface area (Å²) in [7, 11) is 0. The highest BCUT2D eigenvalue weighted by Gasteiger charge is 2.01. The standard InChI is InChI=1S/C12H14ClF/c1-9(2)11(8-13)7-10-3-5-12(14)6-4-10/h3-7,9H,8H2,1-2H3/b11-7+. The molecule has 0 amide bonds. The highest BCUT2D eigenvalue weighted by molar-refractivity contribution is 6.19. The number of hydrogen-bond donors (Lipinski definition) is 0. The van der Waals surface area contributed by atoms with Gasteiger partial charge in [-0.15, -0.1) is 11.6 Å². The minimum atomic E-state index is -0.209. The molecule has 0 aliphatic carbocycles. The van der Waals surface area contributed by atoms with Crippen LogP contribution in [0.5, 0.6) is 0 Å². The average molecular weight is 213 g/mol. The van der Waals surface area contributed by atoms with Crippen molar-refractivity contribution in [2.45, 2.75) is 13.8 Å². The summed E-state index contributed by atoms with van der Waals surface area (Å²) in [5, 5.41) is 0. The number of alkyl halides is 1. The molecule has 0 bridgehead atoms. The Labute approximate surface area is 89.4 Å². The Balaban J connectivity index is 2.89. The Kier molecular flexibility index (Phi) is 4.15. The largest absolute Gasteiger partial charge is 0.207 e. The lowest BCUT2D eigenvalue weighted by Crippen LogP contribution is -1.95. The van der Waals surface area contributed by atoms with Crippen LogP contribution in [-0.4, -0.2) is 5.88 Å². The van der Waals surface area contributed by atoms with Gasteiger partial charge in [-0.3, -0.25) is 0 Å². The van der Waals surface area contributed by atoms with E-state index in [0.29, 0.717) is 11.8 Å². The molecule has 0 atom stereocenters. The van der Waals surface area contributed by atoms with E-state index in [-0.39, 0.29) is 5.82 Å². The van der Waals surface area contributed by atoms with Gasteiger partial charge in [-0.05, 0) is 23.6 Å². The molecule has 0 heterocycles. The lowest BCUT2D eigenvalue weighted by molar-refractivity contribution is 0.627. The van der Waals surface area contributed by atoms with E-state index < -0.39 is 0 Å². The van der Waals surface area contributed by atoms with E-state index in [0.717, 1.165) is 5.56 Å². The maximum atomic E-state index is 12.6. The van der Waals surface area contributed by atoms with Crippen LogP contribution in [0.2, 0.25) is 0 Å². The zero-order valence-electron chi connectivity index (χ0n) is 8.43. The summed E-state index contributed by atoms with van der Waals surface area (Å²) in [6.45, 7) is 4.19. The zero-order chi connectivity index (χ0) is 10.6. The molecule has 0 saturated heterocycles. The highest BCUT2D eigenvalue weighted by atomic mass is 35.5. The Morgan fingerprint density at radius 3 is 2.36 bits per heavy atom. The molecule has 0 unspecified atom stereocenters. The molecule has 1 rings (SSSR count). The van der Waals surface area contributed by atoms with Crippen LogP contribution in [0, 0.1) is 11.7 Å². The Bertz CT molecular complexity index is 312. The van der Waals surface area contributed by atoms with Crippen molar-refractivity contribution in [2.24, 2.45) is 5.92 Å². The summed E-state index contributed by atoms with van der Waals surface area (Å²) in [6, 6.07) is 6.42. The van der Waals surface area contributed by atoms with Gasteiger partial charge in [0.05, 0.1) is 0 Å². The molecule has 0 radical (unpaired) electrons. The van der Waals surface area contributed by atoms with Crippen LogP contribution in [-0.2, 0) is 0 Å². The van der Waals surface area contributed by atoms with Crippen molar-refractivity contribution in [3.05, 3.63) is 41.2 Å². The number of halogens is 2. The highest BCUT2D eigenvalue weighted by Crippen LogP contribution is 2.16. The molecule has 0 spiro atoms. The van der Waals surface area contributed by atoms with Crippen molar-refractivity contribution in [1.82, 2.24) is 0 Å². The van der Waals surface area contributed by atoms with Crippen LogP contribution >= 0.6 is 11.6 Å². The normalized spacial score (nSPS) is 12.2. The lowest BCUT2D eigenvalue weighted by atomic mass is 10.0. The second-order valence-corrected chi connectivity index (χ2v) is 3.83. The van der Waals surface area contributed by atoms with Gasteiger partial charge in [0.2, 0.25) is 0 Å². The number of allylic oxidation sites excluding steroid dienone is 1. The molecule has 0 fully saturated rings. The topological polar surface area (TPSA) is 0 Å². The van der Waals surface area contributed by atoms with Crippen LogP contribution in [0.3, 0.4) is 0 Å². The predicted molar refractivity (Wildman–Crippen MR) is 59.9 cm³/mol. The summed E-state index contributed by atoms with van der Waals surface area (Å²) < 4.78 is 12.6. The number of hydrogen-bond acceptors (Lipinski definition) is 0. The summed E-state index contributed by atoms with van der Waals surface area (Å²) in [6.07, 6.45) is 2.01. The van der Waals surface area contributed by atoms with Gasteiger partial charge < -0.3 is 0 Å². The number of benzene rings is 1. The predicted octanol–water partition coefficient (Wildman–Crippen LogP) is 4.10. The van der Waals surface area contributed by atoms with Crippen LogP contribution < -0.4 is 0 Å². The molecule has 2 heteroatoms. The van der Waals surface area contributed by atoms with E-state index in [9.17, 15) is 4.39 Å².